The summed E-state index contributed by atoms with van der Waals surface area (Å²) in [5.74, 6) is 0. The molecule has 0 bridgehead atoms. The number of aliphatic hydroxyl groups excluding tert-OH is 1. The zero-order valence-electron chi connectivity index (χ0n) is 18.0. The molecule has 0 unspecified atom stereocenters. The molecule has 1 N–H and O–H groups in total. The van der Waals surface area contributed by atoms with E-state index in [1.165, 1.54) is 10.4 Å². The number of rotatable bonds is 7. The van der Waals surface area contributed by atoms with Crippen LogP contribution in [-0.2, 0) is 4.43 Å². The predicted octanol–water partition coefficient (Wildman–Crippen LogP) is 4.58. The standard InChI is InChI=1S/C23H36O2Si2/c1-19(24)18-22(25-26(5,6)7)27(23(2,3)4,20-14-10-8-11-15-20)21-16-12-9-13-17-21/h8-17,19,22,24H,18H2,1-7H3/t19-,22-/m1/s1. The van der Waals surface area contributed by atoms with Gasteiger partial charge in [-0.2, -0.15) is 0 Å². The molecule has 2 rings (SSSR count). The molecule has 2 aromatic carbocycles. The number of aliphatic hydroxyl groups is 1. The fraction of sp³-hybridized carbons (Fsp3) is 0.478. The van der Waals surface area contributed by atoms with Crippen molar-refractivity contribution in [2.75, 3.05) is 0 Å². The van der Waals surface area contributed by atoms with Crippen molar-refractivity contribution < 1.29 is 9.53 Å². The Morgan fingerprint density at radius 3 is 1.56 bits per heavy atom. The normalized spacial score (nSPS) is 15.4. The van der Waals surface area contributed by atoms with Gasteiger partial charge in [-0.25, -0.2) is 0 Å². The second kappa shape index (κ2) is 8.43. The van der Waals surface area contributed by atoms with Crippen LogP contribution in [0.15, 0.2) is 60.7 Å². The summed E-state index contributed by atoms with van der Waals surface area (Å²) in [5, 5.41) is 13.2. The lowest BCUT2D eigenvalue weighted by atomic mass is 10.2. The molecule has 2 atom stereocenters. The lowest BCUT2D eigenvalue weighted by Crippen LogP contribution is -2.73. The van der Waals surface area contributed by atoms with Crippen LogP contribution in [0.5, 0.6) is 0 Å². The Morgan fingerprint density at radius 1 is 0.852 bits per heavy atom. The molecular weight excluding hydrogens is 364 g/mol. The molecule has 0 aromatic heterocycles. The fourth-order valence-electron chi connectivity index (χ4n) is 4.34. The fourth-order valence-corrected chi connectivity index (χ4v) is 13.0. The third-order valence-corrected chi connectivity index (χ3v) is 12.6. The van der Waals surface area contributed by atoms with Crippen molar-refractivity contribution in [2.45, 2.75) is 70.6 Å². The number of hydrogen-bond acceptors (Lipinski definition) is 2. The molecule has 148 valence electrons. The van der Waals surface area contributed by atoms with Crippen molar-refractivity contribution in [3.63, 3.8) is 0 Å². The van der Waals surface area contributed by atoms with Gasteiger partial charge in [-0.3, -0.25) is 0 Å². The first kappa shape index (κ1) is 22.1. The van der Waals surface area contributed by atoms with Crippen molar-refractivity contribution in [1.29, 1.82) is 0 Å². The molecule has 0 aliphatic heterocycles. The first-order valence-corrected chi connectivity index (χ1v) is 15.4. The maximum atomic E-state index is 10.4. The summed E-state index contributed by atoms with van der Waals surface area (Å²) >= 11 is 0. The average molecular weight is 401 g/mol. The predicted molar refractivity (Wildman–Crippen MR) is 122 cm³/mol. The second-order valence-electron chi connectivity index (χ2n) is 9.59. The van der Waals surface area contributed by atoms with Gasteiger partial charge < -0.3 is 9.53 Å². The van der Waals surface area contributed by atoms with E-state index in [1.807, 2.05) is 6.92 Å². The van der Waals surface area contributed by atoms with E-state index in [4.69, 9.17) is 4.43 Å². The van der Waals surface area contributed by atoms with Crippen LogP contribution >= 0.6 is 0 Å². The molecule has 4 heteroatoms. The van der Waals surface area contributed by atoms with Gasteiger partial charge in [0, 0.05) is 5.73 Å². The van der Waals surface area contributed by atoms with Crippen LogP contribution < -0.4 is 10.4 Å². The average Bonchev–Trinajstić information content (AvgIpc) is 2.54. The summed E-state index contributed by atoms with van der Waals surface area (Å²) < 4.78 is 6.89. The SMILES string of the molecule is C[C@@H](O)C[C@H](O[Si](C)(C)C)[Si](c1ccccc1)(c1ccccc1)C(C)(C)C. The van der Waals surface area contributed by atoms with Crippen molar-refractivity contribution in [2.24, 2.45) is 0 Å². The van der Waals surface area contributed by atoms with E-state index in [-0.39, 0.29) is 10.8 Å². The Kier molecular flexibility index (Phi) is 6.90. The van der Waals surface area contributed by atoms with Gasteiger partial charge >= 0.3 is 0 Å². The Labute approximate surface area is 167 Å². The maximum absolute atomic E-state index is 10.4. The molecule has 0 saturated heterocycles. The molecular formula is C23H36O2Si2. The highest BCUT2D eigenvalue weighted by Gasteiger charge is 2.54. The van der Waals surface area contributed by atoms with Gasteiger partial charge in [0.2, 0.25) is 0 Å². The Balaban J connectivity index is 2.84. The smallest absolute Gasteiger partial charge is 0.183 e. The van der Waals surface area contributed by atoms with Crippen LogP contribution in [0, 0.1) is 0 Å². The van der Waals surface area contributed by atoms with E-state index in [0.29, 0.717) is 6.42 Å². The molecule has 0 heterocycles. The third kappa shape index (κ3) is 4.99. The highest BCUT2D eigenvalue weighted by atomic mass is 28.4. The first-order valence-electron chi connectivity index (χ1n) is 9.95. The lowest BCUT2D eigenvalue weighted by molar-refractivity contribution is 0.133. The molecule has 0 aliphatic carbocycles. The lowest BCUT2D eigenvalue weighted by Gasteiger charge is -2.50. The maximum Gasteiger partial charge on any atom is 0.183 e. The van der Waals surface area contributed by atoms with Crippen molar-refractivity contribution in [3.8, 4) is 0 Å². The highest BCUT2D eigenvalue weighted by Crippen LogP contribution is 2.41. The molecule has 27 heavy (non-hydrogen) atoms. The van der Waals surface area contributed by atoms with Crippen LogP contribution in [0.1, 0.15) is 34.1 Å². The zero-order chi connectivity index (χ0) is 20.3. The Bertz CT molecular complexity index is 661. The Hall–Kier alpha value is -1.21. The van der Waals surface area contributed by atoms with E-state index in [0.717, 1.165) is 0 Å². The summed E-state index contributed by atoms with van der Waals surface area (Å²) in [7, 11) is -4.22. The minimum atomic E-state index is -2.40. The number of hydrogen-bond donors (Lipinski definition) is 1. The van der Waals surface area contributed by atoms with E-state index >= 15 is 0 Å². The molecule has 0 radical (unpaired) electrons. The minimum Gasteiger partial charge on any atom is -0.417 e. The van der Waals surface area contributed by atoms with Gasteiger partial charge in [0.15, 0.2) is 16.4 Å². The third-order valence-electron chi connectivity index (χ3n) is 5.18. The van der Waals surface area contributed by atoms with Gasteiger partial charge in [0.25, 0.3) is 0 Å². The van der Waals surface area contributed by atoms with Crippen molar-refractivity contribution >= 4 is 26.8 Å². The summed E-state index contributed by atoms with van der Waals surface area (Å²) in [6, 6.07) is 21.8. The van der Waals surface area contributed by atoms with E-state index in [1.54, 1.807) is 0 Å². The molecule has 0 saturated carbocycles. The summed E-state index contributed by atoms with van der Waals surface area (Å²) in [4.78, 5) is 0. The molecule has 0 amide bonds. The molecule has 2 nitrogen and oxygen atoms in total. The van der Waals surface area contributed by atoms with Gasteiger partial charge in [-0.15, -0.1) is 0 Å². The summed E-state index contributed by atoms with van der Waals surface area (Å²) in [6.45, 7) is 15.7. The van der Waals surface area contributed by atoms with Crippen molar-refractivity contribution in [1.82, 2.24) is 0 Å². The minimum absolute atomic E-state index is 0.0222. The molecule has 2 aromatic rings. The topological polar surface area (TPSA) is 29.5 Å². The van der Waals surface area contributed by atoms with E-state index in [2.05, 4.69) is 101 Å². The van der Waals surface area contributed by atoms with Crippen LogP contribution in [0.4, 0.5) is 0 Å². The van der Waals surface area contributed by atoms with Gasteiger partial charge in [-0.05, 0) is 38.0 Å². The van der Waals surface area contributed by atoms with Crippen molar-refractivity contribution in [3.05, 3.63) is 60.7 Å². The van der Waals surface area contributed by atoms with Gasteiger partial charge in [0.05, 0.1) is 6.10 Å². The monoisotopic (exact) mass is 400 g/mol. The van der Waals surface area contributed by atoms with Gasteiger partial charge in [-0.1, -0.05) is 91.8 Å². The zero-order valence-corrected chi connectivity index (χ0v) is 20.0. The largest absolute Gasteiger partial charge is 0.417 e. The van der Waals surface area contributed by atoms with E-state index < -0.39 is 22.5 Å². The molecule has 0 aliphatic rings. The number of benzene rings is 2. The second-order valence-corrected chi connectivity index (χ2v) is 19.0. The van der Waals surface area contributed by atoms with Crippen LogP contribution in [0.25, 0.3) is 0 Å². The van der Waals surface area contributed by atoms with Crippen LogP contribution in [0.3, 0.4) is 0 Å². The first-order chi connectivity index (χ1) is 12.5. The summed E-state index contributed by atoms with van der Waals surface area (Å²) in [6.07, 6.45) is 0.269. The summed E-state index contributed by atoms with van der Waals surface area (Å²) in [5.41, 5.74) is 0.0222. The highest BCUT2D eigenvalue weighted by molar-refractivity contribution is 7.05. The quantitative estimate of drug-likeness (QED) is 0.689. The molecule has 0 spiro atoms. The van der Waals surface area contributed by atoms with E-state index in [9.17, 15) is 5.11 Å². The van der Waals surface area contributed by atoms with Crippen LogP contribution in [0.2, 0.25) is 24.7 Å². The van der Waals surface area contributed by atoms with Gasteiger partial charge in [0.1, 0.15) is 0 Å². The molecule has 0 fully saturated rings. The Morgan fingerprint density at radius 2 is 1.26 bits per heavy atom. The van der Waals surface area contributed by atoms with Crippen LogP contribution in [-0.4, -0.2) is 33.3 Å².